The molecule has 2 atom stereocenters. The average Bonchev–Trinajstić information content (AvgIpc) is 2.68. The van der Waals surface area contributed by atoms with Crippen molar-refractivity contribution in [2.24, 2.45) is 5.92 Å². The van der Waals surface area contributed by atoms with E-state index in [0.717, 1.165) is 11.3 Å². The number of aliphatic hydroxyl groups is 1. The quantitative estimate of drug-likeness (QED) is 0.682. The number of carboxylic acids is 1. The van der Waals surface area contributed by atoms with Crippen LogP contribution in [0.2, 0.25) is 0 Å². The van der Waals surface area contributed by atoms with Gasteiger partial charge in [-0.15, -0.1) is 6.42 Å². The van der Waals surface area contributed by atoms with Crippen molar-refractivity contribution in [3.63, 3.8) is 0 Å². The maximum absolute atomic E-state index is 12.2. The van der Waals surface area contributed by atoms with Crippen LogP contribution in [0, 0.1) is 18.3 Å². The number of carboxylic acid groups (broad SMARTS) is 1. The van der Waals surface area contributed by atoms with Gasteiger partial charge in [-0.3, -0.25) is 4.79 Å². The molecule has 1 heterocycles. The van der Waals surface area contributed by atoms with Crippen molar-refractivity contribution in [3.05, 3.63) is 0 Å². The summed E-state index contributed by atoms with van der Waals surface area (Å²) in [7, 11) is 0. The van der Waals surface area contributed by atoms with E-state index >= 15 is 0 Å². The molecule has 1 saturated heterocycles. The first-order chi connectivity index (χ1) is 8.51. The summed E-state index contributed by atoms with van der Waals surface area (Å²) < 4.78 is 0. The summed E-state index contributed by atoms with van der Waals surface area (Å²) in [6.07, 6.45) is 5.93. The third-order valence-corrected chi connectivity index (χ3v) is 3.19. The van der Waals surface area contributed by atoms with Crippen molar-refractivity contribution in [3.8, 4) is 12.3 Å². The summed E-state index contributed by atoms with van der Waals surface area (Å²) in [4.78, 5) is 25.5. The summed E-state index contributed by atoms with van der Waals surface area (Å²) in [6.45, 7) is 1.88. The van der Waals surface area contributed by atoms with Gasteiger partial charge in [0.15, 0.2) is 0 Å². The number of rotatable bonds is 4. The Morgan fingerprint density at radius 3 is 2.72 bits per heavy atom. The number of aliphatic hydroxyl groups excluding tert-OH is 1. The Balaban J connectivity index is 2.76. The normalized spacial score (nSPS) is 22.6. The highest BCUT2D eigenvalue weighted by Gasteiger charge is 2.36. The Bertz CT molecular complexity index is 364. The fourth-order valence-electron chi connectivity index (χ4n) is 2.17. The lowest BCUT2D eigenvalue weighted by Gasteiger charge is -2.30. The Morgan fingerprint density at radius 1 is 1.56 bits per heavy atom. The third-order valence-electron chi connectivity index (χ3n) is 3.19. The van der Waals surface area contributed by atoms with Gasteiger partial charge in [0.2, 0.25) is 0 Å². The lowest BCUT2D eigenvalue weighted by Crippen LogP contribution is -2.49. The summed E-state index contributed by atoms with van der Waals surface area (Å²) in [5, 5.41) is 18.0. The summed E-state index contributed by atoms with van der Waals surface area (Å²) in [5.41, 5.74) is 0. The first-order valence-corrected chi connectivity index (χ1v) is 5.83. The molecule has 2 N–H and O–H groups in total. The minimum Gasteiger partial charge on any atom is -0.480 e. The predicted octanol–water partition coefficient (Wildman–Crippen LogP) is -0.171. The van der Waals surface area contributed by atoms with Crippen molar-refractivity contribution in [1.29, 1.82) is 0 Å². The monoisotopic (exact) mass is 254 g/mol. The van der Waals surface area contributed by atoms with Gasteiger partial charge < -0.3 is 20.0 Å². The number of nitrogens with zero attached hydrogens (tertiary/aromatic N) is 2. The van der Waals surface area contributed by atoms with Crippen molar-refractivity contribution in [2.75, 3.05) is 26.2 Å². The standard InChI is InChI=1S/C12H18N2O4/c1-3-5-13(7-11(16)17)12(18)14-6-4-9(2)10(14)8-15/h1,9-10,15H,4-8H2,2H3,(H,16,17). The van der Waals surface area contributed by atoms with Crippen LogP contribution in [0.5, 0.6) is 0 Å². The molecule has 2 amide bonds. The zero-order chi connectivity index (χ0) is 13.7. The molecule has 0 spiro atoms. The molecule has 0 bridgehead atoms. The Kier molecular flexibility index (Phi) is 4.98. The van der Waals surface area contributed by atoms with Crippen LogP contribution in [0.25, 0.3) is 0 Å². The SMILES string of the molecule is C#CCN(CC(=O)O)C(=O)N1CCC(C)C1CO. The molecule has 1 aliphatic rings. The van der Waals surface area contributed by atoms with E-state index < -0.39 is 18.5 Å². The molecule has 18 heavy (non-hydrogen) atoms. The van der Waals surface area contributed by atoms with Gasteiger partial charge in [0.1, 0.15) is 6.54 Å². The smallest absolute Gasteiger partial charge is 0.323 e. The minimum atomic E-state index is -1.11. The number of amides is 2. The fraction of sp³-hybridized carbons (Fsp3) is 0.667. The molecule has 2 unspecified atom stereocenters. The molecule has 6 nitrogen and oxygen atoms in total. The second-order valence-corrected chi connectivity index (χ2v) is 4.45. The van der Waals surface area contributed by atoms with Crippen molar-refractivity contribution in [2.45, 2.75) is 19.4 Å². The molecule has 0 aromatic carbocycles. The highest BCUT2D eigenvalue weighted by molar-refractivity contribution is 5.81. The number of hydrogen-bond acceptors (Lipinski definition) is 3. The van der Waals surface area contributed by atoms with Gasteiger partial charge >= 0.3 is 12.0 Å². The number of urea groups is 1. The van der Waals surface area contributed by atoms with Crippen LogP contribution < -0.4 is 0 Å². The van der Waals surface area contributed by atoms with Crippen LogP contribution in [0.3, 0.4) is 0 Å². The van der Waals surface area contributed by atoms with Gasteiger partial charge in [0.05, 0.1) is 19.2 Å². The maximum Gasteiger partial charge on any atom is 0.323 e. The number of terminal acetylenes is 1. The van der Waals surface area contributed by atoms with Crippen LogP contribution in [0.1, 0.15) is 13.3 Å². The van der Waals surface area contributed by atoms with E-state index in [2.05, 4.69) is 5.92 Å². The van der Waals surface area contributed by atoms with E-state index in [4.69, 9.17) is 11.5 Å². The van der Waals surface area contributed by atoms with E-state index in [1.807, 2.05) is 6.92 Å². The third kappa shape index (κ3) is 3.14. The van der Waals surface area contributed by atoms with E-state index in [1.165, 1.54) is 4.90 Å². The van der Waals surface area contributed by atoms with Gasteiger partial charge in [0, 0.05) is 6.54 Å². The molecule has 6 heteroatoms. The van der Waals surface area contributed by atoms with Crippen LogP contribution in [0.15, 0.2) is 0 Å². The lowest BCUT2D eigenvalue weighted by molar-refractivity contribution is -0.137. The molecule has 0 saturated carbocycles. The van der Waals surface area contributed by atoms with Crippen molar-refractivity contribution >= 4 is 12.0 Å². The first-order valence-electron chi connectivity index (χ1n) is 5.83. The highest BCUT2D eigenvalue weighted by Crippen LogP contribution is 2.24. The van der Waals surface area contributed by atoms with Gasteiger partial charge in [-0.25, -0.2) is 4.79 Å². The van der Waals surface area contributed by atoms with Crippen LogP contribution in [-0.2, 0) is 4.79 Å². The van der Waals surface area contributed by atoms with E-state index in [-0.39, 0.29) is 25.1 Å². The highest BCUT2D eigenvalue weighted by atomic mass is 16.4. The summed E-state index contributed by atoms with van der Waals surface area (Å²) in [5.74, 6) is 1.37. The Morgan fingerprint density at radius 2 is 2.22 bits per heavy atom. The number of carbonyl (C=O) groups is 2. The molecule has 1 rings (SSSR count). The maximum atomic E-state index is 12.2. The van der Waals surface area contributed by atoms with Crippen LogP contribution in [-0.4, -0.2) is 64.3 Å². The zero-order valence-corrected chi connectivity index (χ0v) is 10.4. The molecule has 0 aromatic rings. The van der Waals surface area contributed by atoms with Crippen LogP contribution >= 0.6 is 0 Å². The molecule has 0 aliphatic carbocycles. The molecular weight excluding hydrogens is 236 g/mol. The molecule has 0 aromatic heterocycles. The second kappa shape index (κ2) is 6.26. The van der Waals surface area contributed by atoms with Gasteiger partial charge in [0.25, 0.3) is 0 Å². The fourth-order valence-corrected chi connectivity index (χ4v) is 2.17. The van der Waals surface area contributed by atoms with Gasteiger partial charge in [-0.1, -0.05) is 12.8 Å². The predicted molar refractivity (Wildman–Crippen MR) is 64.8 cm³/mol. The largest absolute Gasteiger partial charge is 0.480 e. The van der Waals surface area contributed by atoms with E-state index in [0.29, 0.717) is 6.54 Å². The topological polar surface area (TPSA) is 81.1 Å². The van der Waals surface area contributed by atoms with Crippen LogP contribution in [0.4, 0.5) is 4.79 Å². The molecule has 0 radical (unpaired) electrons. The van der Waals surface area contributed by atoms with E-state index in [1.54, 1.807) is 0 Å². The number of hydrogen-bond donors (Lipinski definition) is 2. The van der Waals surface area contributed by atoms with E-state index in [9.17, 15) is 14.7 Å². The summed E-state index contributed by atoms with van der Waals surface area (Å²) >= 11 is 0. The van der Waals surface area contributed by atoms with Gasteiger partial charge in [-0.05, 0) is 12.3 Å². The minimum absolute atomic E-state index is 0.0475. The Labute approximate surface area is 106 Å². The first kappa shape index (κ1) is 14.3. The number of carbonyl (C=O) groups excluding carboxylic acids is 1. The number of aliphatic carboxylic acids is 1. The molecular formula is C12H18N2O4. The zero-order valence-electron chi connectivity index (χ0n) is 10.4. The van der Waals surface area contributed by atoms with Crippen molar-refractivity contribution in [1.82, 2.24) is 9.80 Å². The van der Waals surface area contributed by atoms with Crippen molar-refractivity contribution < 1.29 is 19.8 Å². The molecule has 1 aliphatic heterocycles. The number of likely N-dealkylation sites (tertiary alicyclic amines) is 1. The van der Waals surface area contributed by atoms with Gasteiger partial charge in [-0.2, -0.15) is 0 Å². The Hall–Kier alpha value is -1.74. The second-order valence-electron chi connectivity index (χ2n) is 4.45. The summed E-state index contributed by atoms with van der Waals surface area (Å²) in [6, 6.07) is -0.676. The average molecular weight is 254 g/mol. The molecule has 1 fully saturated rings. The molecule has 100 valence electrons. The lowest BCUT2D eigenvalue weighted by atomic mass is 10.0.